The van der Waals surface area contributed by atoms with Crippen LogP contribution >= 0.6 is 0 Å². The van der Waals surface area contributed by atoms with Crippen LogP contribution < -0.4 is 5.32 Å². The molecule has 7 heteroatoms. The maximum Gasteiger partial charge on any atom is 0.322 e. The number of hydrogen-bond acceptors (Lipinski definition) is 4. The molecule has 1 aromatic carbocycles. The fourth-order valence-corrected chi connectivity index (χ4v) is 3.24. The lowest BCUT2D eigenvalue weighted by molar-refractivity contribution is 0.0671. The van der Waals surface area contributed by atoms with Crippen LogP contribution in [0.2, 0.25) is 0 Å². The van der Waals surface area contributed by atoms with Gasteiger partial charge in [-0.3, -0.25) is 0 Å². The number of urea groups is 1. The molecule has 3 heterocycles. The van der Waals surface area contributed by atoms with Gasteiger partial charge in [-0.15, -0.1) is 0 Å². The minimum absolute atomic E-state index is 0.0905. The molecule has 2 amide bonds. The van der Waals surface area contributed by atoms with E-state index in [0.717, 1.165) is 12.1 Å². The van der Waals surface area contributed by atoms with Crippen molar-refractivity contribution in [1.29, 1.82) is 0 Å². The summed E-state index contributed by atoms with van der Waals surface area (Å²) in [6.07, 6.45) is 4.64. The number of benzene rings is 1. The van der Waals surface area contributed by atoms with Crippen LogP contribution in [0.15, 0.2) is 61.3 Å². The van der Waals surface area contributed by atoms with Crippen LogP contribution in [0.4, 0.5) is 10.5 Å². The number of likely N-dealkylation sites (tertiary alicyclic amines) is 1. The van der Waals surface area contributed by atoms with Crippen LogP contribution in [0.25, 0.3) is 5.82 Å². The van der Waals surface area contributed by atoms with Gasteiger partial charge in [0.15, 0.2) is 5.82 Å². The molecule has 1 N–H and O–H groups in total. The highest BCUT2D eigenvalue weighted by molar-refractivity contribution is 5.91. The summed E-state index contributed by atoms with van der Waals surface area (Å²) in [4.78, 5) is 22.9. The first kappa shape index (κ1) is 15.3. The van der Waals surface area contributed by atoms with Gasteiger partial charge in [0.2, 0.25) is 0 Å². The lowest BCUT2D eigenvalue weighted by atomic mass is 9.85. The zero-order valence-electron chi connectivity index (χ0n) is 13.8. The van der Waals surface area contributed by atoms with Crippen molar-refractivity contribution in [2.45, 2.75) is 13.0 Å². The Bertz CT molecular complexity index is 864. The van der Waals surface area contributed by atoms with Crippen molar-refractivity contribution in [2.24, 2.45) is 5.92 Å². The number of nitrogens with zero attached hydrogens (tertiary/aromatic N) is 5. The van der Waals surface area contributed by atoms with Crippen LogP contribution in [0.1, 0.15) is 18.5 Å². The van der Waals surface area contributed by atoms with Crippen molar-refractivity contribution in [3.8, 4) is 5.82 Å². The fourth-order valence-electron chi connectivity index (χ4n) is 3.24. The van der Waals surface area contributed by atoms with E-state index in [4.69, 9.17) is 0 Å². The Balaban J connectivity index is 1.55. The maximum absolute atomic E-state index is 12.8. The molecular weight excluding hydrogens is 316 g/mol. The van der Waals surface area contributed by atoms with Crippen LogP contribution in [0.5, 0.6) is 0 Å². The van der Waals surface area contributed by atoms with Crippen molar-refractivity contribution < 1.29 is 4.79 Å². The third-order valence-electron chi connectivity index (χ3n) is 4.43. The Morgan fingerprint density at radius 2 is 2.04 bits per heavy atom. The molecule has 2 atom stereocenters. The molecule has 0 spiro atoms. The molecular formula is C18H18N6O. The number of pyridine rings is 1. The molecule has 0 unspecified atom stereocenters. The quantitative estimate of drug-likeness (QED) is 0.799. The minimum atomic E-state index is -0.138. The van der Waals surface area contributed by atoms with Gasteiger partial charge in [0, 0.05) is 12.7 Å². The summed E-state index contributed by atoms with van der Waals surface area (Å²) in [7, 11) is 0. The van der Waals surface area contributed by atoms with Crippen LogP contribution in [-0.2, 0) is 0 Å². The zero-order chi connectivity index (χ0) is 17.2. The number of amides is 2. The van der Waals surface area contributed by atoms with Crippen LogP contribution in [0, 0.1) is 5.92 Å². The van der Waals surface area contributed by atoms with Crippen LogP contribution in [-0.4, -0.2) is 37.2 Å². The monoisotopic (exact) mass is 334 g/mol. The predicted octanol–water partition coefficient (Wildman–Crippen LogP) is 2.89. The standard InChI is InChI=1S/C18H18N6O/c1-13-10-23(16(13)14-6-3-2-4-7-14)18(25)22-15-8-5-9-20-17(15)24-12-19-11-21-24/h2-9,11-13,16H,10H2,1H3,(H,22,25)/t13-,16-/m1/s1. The molecule has 126 valence electrons. The molecule has 2 aromatic heterocycles. The second kappa shape index (κ2) is 6.35. The minimum Gasteiger partial charge on any atom is -0.317 e. The summed E-state index contributed by atoms with van der Waals surface area (Å²) in [5, 5.41) is 7.04. The van der Waals surface area contributed by atoms with E-state index in [-0.39, 0.29) is 12.1 Å². The Hall–Kier alpha value is -3.22. The molecule has 0 bridgehead atoms. The molecule has 25 heavy (non-hydrogen) atoms. The predicted molar refractivity (Wildman–Crippen MR) is 93.2 cm³/mol. The van der Waals surface area contributed by atoms with Gasteiger partial charge >= 0.3 is 6.03 Å². The zero-order valence-corrected chi connectivity index (χ0v) is 13.8. The highest BCUT2D eigenvalue weighted by atomic mass is 16.2. The number of rotatable bonds is 3. The van der Waals surface area contributed by atoms with E-state index in [9.17, 15) is 4.79 Å². The second-order valence-electron chi connectivity index (χ2n) is 6.13. The molecule has 1 aliphatic heterocycles. The van der Waals surface area contributed by atoms with E-state index in [0.29, 0.717) is 17.4 Å². The van der Waals surface area contributed by atoms with Gasteiger partial charge in [0.25, 0.3) is 0 Å². The number of nitrogens with one attached hydrogen (secondary N) is 1. The number of aromatic nitrogens is 4. The highest BCUT2D eigenvalue weighted by Gasteiger charge is 2.40. The van der Waals surface area contributed by atoms with E-state index in [1.165, 1.54) is 11.0 Å². The maximum atomic E-state index is 12.8. The molecule has 1 saturated heterocycles. The summed E-state index contributed by atoms with van der Waals surface area (Å²) in [5.74, 6) is 0.968. The Kier molecular flexibility index (Phi) is 3.89. The lowest BCUT2D eigenvalue weighted by Gasteiger charge is -2.46. The van der Waals surface area contributed by atoms with Crippen molar-refractivity contribution in [2.75, 3.05) is 11.9 Å². The normalized spacial score (nSPS) is 19.3. The number of anilines is 1. The molecule has 1 fully saturated rings. The highest BCUT2D eigenvalue weighted by Crippen LogP contribution is 2.38. The first-order chi connectivity index (χ1) is 12.2. The van der Waals surface area contributed by atoms with E-state index in [1.807, 2.05) is 29.2 Å². The van der Waals surface area contributed by atoms with Crippen molar-refractivity contribution >= 4 is 11.7 Å². The Labute approximate surface area is 145 Å². The summed E-state index contributed by atoms with van der Waals surface area (Å²) >= 11 is 0. The largest absolute Gasteiger partial charge is 0.322 e. The third-order valence-corrected chi connectivity index (χ3v) is 4.43. The van der Waals surface area contributed by atoms with Gasteiger partial charge in [-0.25, -0.2) is 19.4 Å². The van der Waals surface area contributed by atoms with Gasteiger partial charge < -0.3 is 10.2 Å². The first-order valence-electron chi connectivity index (χ1n) is 8.16. The van der Waals surface area contributed by atoms with Crippen molar-refractivity contribution in [3.63, 3.8) is 0 Å². The third kappa shape index (κ3) is 2.84. The van der Waals surface area contributed by atoms with Crippen LogP contribution in [0.3, 0.4) is 0 Å². The van der Waals surface area contributed by atoms with Gasteiger partial charge in [-0.1, -0.05) is 37.3 Å². The summed E-state index contributed by atoms with van der Waals surface area (Å²) in [6.45, 7) is 2.89. The first-order valence-corrected chi connectivity index (χ1v) is 8.16. The smallest absolute Gasteiger partial charge is 0.317 e. The van der Waals surface area contributed by atoms with Gasteiger partial charge in [0.1, 0.15) is 12.7 Å². The average molecular weight is 334 g/mol. The Morgan fingerprint density at radius 3 is 2.76 bits per heavy atom. The van der Waals surface area contributed by atoms with Gasteiger partial charge in [-0.05, 0) is 23.6 Å². The SMILES string of the molecule is C[C@@H]1CN(C(=O)Nc2cccnc2-n2cncn2)[C@H]1c1ccccc1. The molecule has 0 radical (unpaired) electrons. The fraction of sp³-hybridized carbons (Fsp3) is 0.222. The van der Waals surface area contributed by atoms with E-state index in [2.05, 4.69) is 39.4 Å². The summed E-state index contributed by atoms with van der Waals surface area (Å²) < 4.78 is 1.53. The van der Waals surface area contributed by atoms with Crippen molar-refractivity contribution in [1.82, 2.24) is 24.6 Å². The van der Waals surface area contributed by atoms with E-state index >= 15 is 0 Å². The molecule has 4 rings (SSSR count). The number of hydrogen-bond donors (Lipinski definition) is 1. The average Bonchev–Trinajstić information content (AvgIpc) is 3.15. The molecule has 7 nitrogen and oxygen atoms in total. The molecule has 3 aromatic rings. The van der Waals surface area contributed by atoms with Gasteiger partial charge in [0.05, 0.1) is 11.7 Å². The topological polar surface area (TPSA) is 75.9 Å². The number of carbonyl (C=O) groups excluding carboxylic acids is 1. The summed E-state index contributed by atoms with van der Waals surface area (Å²) in [6, 6.07) is 13.6. The lowest BCUT2D eigenvalue weighted by Crippen LogP contribution is -2.53. The number of carbonyl (C=O) groups is 1. The van der Waals surface area contributed by atoms with Crippen molar-refractivity contribution in [3.05, 3.63) is 66.9 Å². The summed E-state index contributed by atoms with van der Waals surface area (Å²) in [5.41, 5.74) is 1.75. The second-order valence-corrected chi connectivity index (χ2v) is 6.13. The molecule has 0 saturated carbocycles. The van der Waals surface area contributed by atoms with E-state index < -0.39 is 0 Å². The molecule has 0 aliphatic carbocycles. The van der Waals surface area contributed by atoms with E-state index in [1.54, 1.807) is 18.6 Å². The molecule has 1 aliphatic rings. The Morgan fingerprint density at radius 1 is 1.20 bits per heavy atom. The van der Waals surface area contributed by atoms with Gasteiger partial charge in [-0.2, -0.15) is 5.10 Å².